The van der Waals surface area contributed by atoms with Gasteiger partial charge >= 0.3 is 5.97 Å². The van der Waals surface area contributed by atoms with E-state index in [1.54, 1.807) is 36.4 Å². The van der Waals surface area contributed by atoms with Crippen LogP contribution < -0.4 is 5.32 Å². The molecular weight excluding hydrogens is 344 g/mol. The number of rotatable bonds is 6. The minimum atomic E-state index is -1.37. The number of para-hydroxylation sites is 1. The Morgan fingerprint density at radius 2 is 1.74 bits per heavy atom. The van der Waals surface area contributed by atoms with E-state index in [0.717, 1.165) is 10.9 Å². The Bertz CT molecular complexity index is 943. The van der Waals surface area contributed by atoms with Crippen molar-refractivity contribution in [2.45, 2.75) is 18.6 Å². The van der Waals surface area contributed by atoms with Gasteiger partial charge in [0.1, 0.15) is 6.04 Å². The van der Waals surface area contributed by atoms with Gasteiger partial charge in [-0.1, -0.05) is 54.6 Å². The molecule has 2 N–H and O–H groups in total. The average molecular weight is 364 g/mol. The molecular formula is C21H20N2O4. The Balaban J connectivity index is 1.77. The van der Waals surface area contributed by atoms with Crippen LogP contribution in [0.25, 0.3) is 10.9 Å². The quantitative estimate of drug-likeness (QED) is 0.655. The number of nitrogens with zero attached hydrogens (tertiary/aromatic N) is 1. The van der Waals surface area contributed by atoms with Gasteiger partial charge in [-0.25, -0.2) is 4.79 Å². The highest BCUT2D eigenvalue weighted by Gasteiger charge is 2.26. The molecule has 0 aliphatic carbocycles. The molecule has 1 aromatic heterocycles. The van der Waals surface area contributed by atoms with Crippen molar-refractivity contribution in [3.8, 4) is 0 Å². The summed E-state index contributed by atoms with van der Waals surface area (Å²) in [4.78, 5) is 29.0. The molecule has 0 saturated carbocycles. The molecule has 1 amide bonds. The predicted molar refractivity (Wildman–Crippen MR) is 101 cm³/mol. The van der Waals surface area contributed by atoms with Crippen LogP contribution >= 0.6 is 0 Å². The Labute approximate surface area is 156 Å². The lowest BCUT2D eigenvalue weighted by Crippen LogP contribution is -2.45. The third-order valence-corrected chi connectivity index (χ3v) is 4.24. The standard InChI is InChI=1S/C21H20N2O4/c1-27-21(26)18(23-20(25)19(24)15-8-3-2-4-9-15)13-16-12-11-14-7-5-6-10-17(14)22-16/h2-12,18-19,24H,13H2,1H3,(H,23,25)/t18-,19+/m1/s1. The van der Waals surface area contributed by atoms with Gasteiger partial charge in [-0.2, -0.15) is 0 Å². The normalized spacial score (nSPS) is 13.0. The fourth-order valence-electron chi connectivity index (χ4n) is 2.80. The van der Waals surface area contributed by atoms with Crippen LogP contribution in [0.4, 0.5) is 0 Å². The smallest absolute Gasteiger partial charge is 0.328 e. The Kier molecular flexibility index (Phi) is 5.78. The number of carbonyl (C=O) groups is 2. The summed E-state index contributed by atoms with van der Waals surface area (Å²) in [6.45, 7) is 0. The number of carbonyl (C=O) groups excluding carboxylic acids is 2. The summed E-state index contributed by atoms with van der Waals surface area (Å²) in [7, 11) is 1.25. The topological polar surface area (TPSA) is 88.5 Å². The number of aliphatic hydroxyl groups excluding tert-OH is 1. The minimum Gasteiger partial charge on any atom is -0.467 e. The van der Waals surface area contributed by atoms with Gasteiger partial charge < -0.3 is 15.2 Å². The lowest BCUT2D eigenvalue weighted by atomic mass is 10.1. The number of ether oxygens (including phenoxy) is 1. The molecule has 6 heteroatoms. The summed E-state index contributed by atoms with van der Waals surface area (Å²) in [6, 6.07) is 18.9. The molecule has 0 radical (unpaired) electrons. The summed E-state index contributed by atoms with van der Waals surface area (Å²) < 4.78 is 4.80. The SMILES string of the molecule is COC(=O)[C@@H](Cc1ccc2ccccc2n1)NC(=O)[C@@H](O)c1ccccc1. The second-order valence-corrected chi connectivity index (χ2v) is 6.10. The molecule has 3 rings (SSSR count). The van der Waals surface area contributed by atoms with Crippen LogP contribution in [0.3, 0.4) is 0 Å². The second-order valence-electron chi connectivity index (χ2n) is 6.10. The van der Waals surface area contributed by atoms with Crippen molar-refractivity contribution >= 4 is 22.8 Å². The number of nitrogens with one attached hydrogen (secondary N) is 1. The first-order valence-electron chi connectivity index (χ1n) is 8.54. The van der Waals surface area contributed by atoms with E-state index < -0.39 is 24.0 Å². The van der Waals surface area contributed by atoms with E-state index in [0.29, 0.717) is 11.3 Å². The third kappa shape index (κ3) is 4.48. The molecule has 2 atom stereocenters. The number of aromatic nitrogens is 1. The lowest BCUT2D eigenvalue weighted by Gasteiger charge is -2.19. The molecule has 3 aromatic rings. The van der Waals surface area contributed by atoms with E-state index in [2.05, 4.69) is 10.3 Å². The first kappa shape index (κ1) is 18.5. The first-order chi connectivity index (χ1) is 13.1. The van der Waals surface area contributed by atoms with Crippen LogP contribution in [-0.2, 0) is 20.7 Å². The molecule has 138 valence electrons. The zero-order chi connectivity index (χ0) is 19.2. The van der Waals surface area contributed by atoms with E-state index in [1.807, 2.05) is 30.3 Å². The van der Waals surface area contributed by atoms with Crippen LogP contribution in [0.15, 0.2) is 66.7 Å². The van der Waals surface area contributed by atoms with Gasteiger partial charge in [0.25, 0.3) is 5.91 Å². The monoisotopic (exact) mass is 364 g/mol. The number of benzene rings is 2. The lowest BCUT2D eigenvalue weighted by molar-refractivity contribution is -0.146. The molecule has 0 aliphatic heterocycles. The Morgan fingerprint density at radius 1 is 1.04 bits per heavy atom. The summed E-state index contributed by atoms with van der Waals surface area (Å²) in [5, 5.41) is 13.8. The van der Waals surface area contributed by atoms with Gasteiger partial charge in [-0.15, -0.1) is 0 Å². The maximum absolute atomic E-state index is 12.4. The van der Waals surface area contributed by atoms with Gasteiger partial charge in [0, 0.05) is 17.5 Å². The molecule has 0 unspecified atom stereocenters. The largest absolute Gasteiger partial charge is 0.467 e. The number of hydrogen-bond donors (Lipinski definition) is 2. The van der Waals surface area contributed by atoms with E-state index >= 15 is 0 Å². The van der Waals surface area contributed by atoms with Gasteiger partial charge in [0.2, 0.25) is 0 Å². The van der Waals surface area contributed by atoms with Crippen molar-refractivity contribution in [3.63, 3.8) is 0 Å². The molecule has 0 saturated heterocycles. The van der Waals surface area contributed by atoms with E-state index in [4.69, 9.17) is 4.74 Å². The number of esters is 1. The molecule has 0 spiro atoms. The van der Waals surface area contributed by atoms with Crippen LogP contribution in [0, 0.1) is 0 Å². The molecule has 2 aromatic carbocycles. The molecule has 0 fully saturated rings. The van der Waals surface area contributed by atoms with Crippen molar-refractivity contribution in [3.05, 3.63) is 78.0 Å². The molecule has 1 heterocycles. The predicted octanol–water partition coefficient (Wildman–Crippen LogP) is 2.17. The van der Waals surface area contributed by atoms with Crippen molar-refractivity contribution in [1.82, 2.24) is 10.3 Å². The van der Waals surface area contributed by atoms with Gasteiger partial charge in [0.05, 0.1) is 12.6 Å². The Morgan fingerprint density at radius 3 is 2.48 bits per heavy atom. The van der Waals surface area contributed by atoms with Crippen LogP contribution in [0.1, 0.15) is 17.4 Å². The Hall–Kier alpha value is -3.25. The van der Waals surface area contributed by atoms with Crippen molar-refractivity contribution < 1.29 is 19.4 Å². The van der Waals surface area contributed by atoms with Crippen LogP contribution in [0.2, 0.25) is 0 Å². The number of aliphatic hydroxyl groups is 1. The number of pyridine rings is 1. The fourth-order valence-corrected chi connectivity index (χ4v) is 2.80. The van der Waals surface area contributed by atoms with Crippen LogP contribution in [0.5, 0.6) is 0 Å². The van der Waals surface area contributed by atoms with Crippen molar-refractivity contribution in [1.29, 1.82) is 0 Å². The highest BCUT2D eigenvalue weighted by molar-refractivity contribution is 5.87. The zero-order valence-corrected chi connectivity index (χ0v) is 14.8. The molecule has 6 nitrogen and oxygen atoms in total. The van der Waals surface area contributed by atoms with Gasteiger partial charge in [0.15, 0.2) is 6.10 Å². The highest BCUT2D eigenvalue weighted by Crippen LogP contribution is 2.15. The number of methoxy groups -OCH3 is 1. The van der Waals surface area contributed by atoms with E-state index in [-0.39, 0.29) is 6.42 Å². The van der Waals surface area contributed by atoms with E-state index in [1.165, 1.54) is 7.11 Å². The summed E-state index contributed by atoms with van der Waals surface area (Å²) in [5.41, 5.74) is 1.88. The number of amides is 1. The third-order valence-electron chi connectivity index (χ3n) is 4.24. The number of hydrogen-bond acceptors (Lipinski definition) is 5. The molecule has 0 bridgehead atoms. The minimum absolute atomic E-state index is 0.157. The van der Waals surface area contributed by atoms with Crippen molar-refractivity contribution in [2.24, 2.45) is 0 Å². The van der Waals surface area contributed by atoms with Crippen molar-refractivity contribution in [2.75, 3.05) is 7.11 Å². The zero-order valence-electron chi connectivity index (χ0n) is 14.8. The summed E-state index contributed by atoms with van der Waals surface area (Å²) >= 11 is 0. The second kappa shape index (κ2) is 8.42. The number of fused-ring (bicyclic) bond motifs is 1. The fraction of sp³-hybridized carbons (Fsp3) is 0.190. The maximum Gasteiger partial charge on any atom is 0.328 e. The van der Waals surface area contributed by atoms with Gasteiger partial charge in [-0.05, 0) is 17.7 Å². The first-order valence-corrected chi connectivity index (χ1v) is 8.54. The summed E-state index contributed by atoms with van der Waals surface area (Å²) in [6.07, 6.45) is -1.21. The molecule has 0 aliphatic rings. The average Bonchev–Trinajstić information content (AvgIpc) is 2.72. The highest BCUT2D eigenvalue weighted by atomic mass is 16.5. The maximum atomic E-state index is 12.4. The summed E-state index contributed by atoms with van der Waals surface area (Å²) in [5.74, 6) is -1.27. The van der Waals surface area contributed by atoms with E-state index in [9.17, 15) is 14.7 Å². The molecule has 27 heavy (non-hydrogen) atoms. The van der Waals surface area contributed by atoms with Gasteiger partial charge in [-0.3, -0.25) is 9.78 Å². The van der Waals surface area contributed by atoms with Crippen LogP contribution in [-0.4, -0.2) is 35.1 Å².